The van der Waals surface area contributed by atoms with Gasteiger partial charge in [-0.25, -0.2) is 0 Å². The Hall–Kier alpha value is -0.570. The molecular weight excluding hydrogens is 142 g/mol. The third kappa shape index (κ3) is 2.19. The first-order valence-corrected chi connectivity index (χ1v) is 4.20. The highest BCUT2D eigenvalue weighted by Crippen LogP contribution is 2.25. The molecule has 0 radical (unpaired) electrons. The van der Waals surface area contributed by atoms with Crippen molar-refractivity contribution in [2.24, 2.45) is 5.92 Å². The van der Waals surface area contributed by atoms with Crippen LogP contribution in [0.25, 0.3) is 0 Å². The normalized spacial score (nSPS) is 30.6. The van der Waals surface area contributed by atoms with Crippen LogP contribution in [0.3, 0.4) is 0 Å². The molecule has 1 saturated carbocycles. The highest BCUT2D eigenvalue weighted by Gasteiger charge is 2.28. The number of nitrogens with one attached hydrogen (secondary N) is 1. The first-order valence-electron chi connectivity index (χ1n) is 4.20. The minimum atomic E-state index is -0.634. The van der Waals surface area contributed by atoms with Gasteiger partial charge in [-0.05, 0) is 25.8 Å². The van der Waals surface area contributed by atoms with Crippen molar-refractivity contribution in [2.75, 3.05) is 6.54 Å². The van der Waals surface area contributed by atoms with E-state index in [1.54, 1.807) is 0 Å². The molecule has 0 aromatic heterocycles. The molecule has 1 rings (SSSR count). The Kier molecular flexibility index (Phi) is 2.88. The third-order valence-electron chi connectivity index (χ3n) is 2.27. The van der Waals surface area contributed by atoms with E-state index in [0.717, 1.165) is 25.8 Å². The van der Waals surface area contributed by atoms with Crippen molar-refractivity contribution in [3.05, 3.63) is 0 Å². The van der Waals surface area contributed by atoms with Crippen molar-refractivity contribution in [1.82, 2.24) is 5.32 Å². The molecule has 64 valence electrons. The van der Waals surface area contributed by atoms with Crippen LogP contribution in [0.15, 0.2) is 0 Å². The molecule has 11 heavy (non-hydrogen) atoms. The zero-order valence-corrected chi connectivity index (χ0v) is 6.84. The van der Waals surface area contributed by atoms with Crippen LogP contribution in [0.4, 0.5) is 0 Å². The lowest BCUT2D eigenvalue weighted by molar-refractivity contribution is -0.141. The standard InChI is InChI=1S/C8H15NO2/c1-2-9-7-4-3-6(5-7)8(10)11/h6-7,9H,2-5H2,1H3,(H,10,11). The van der Waals surface area contributed by atoms with Crippen molar-refractivity contribution >= 4 is 5.97 Å². The minimum absolute atomic E-state index is 0.0981. The van der Waals surface area contributed by atoms with E-state index in [4.69, 9.17) is 5.11 Å². The van der Waals surface area contributed by atoms with Gasteiger partial charge in [0.05, 0.1) is 5.92 Å². The molecular formula is C8H15NO2. The number of aliphatic carboxylic acids is 1. The Morgan fingerprint density at radius 3 is 2.82 bits per heavy atom. The molecule has 1 aliphatic carbocycles. The maximum Gasteiger partial charge on any atom is 0.306 e. The molecule has 3 nitrogen and oxygen atoms in total. The minimum Gasteiger partial charge on any atom is -0.481 e. The lowest BCUT2D eigenvalue weighted by atomic mass is 10.1. The molecule has 0 spiro atoms. The van der Waals surface area contributed by atoms with E-state index in [9.17, 15) is 4.79 Å². The van der Waals surface area contributed by atoms with Crippen LogP contribution in [-0.2, 0) is 4.79 Å². The molecule has 0 aromatic carbocycles. The number of hydrogen-bond acceptors (Lipinski definition) is 2. The van der Waals surface area contributed by atoms with Gasteiger partial charge in [0, 0.05) is 6.04 Å². The molecule has 0 heterocycles. The quantitative estimate of drug-likeness (QED) is 0.638. The summed E-state index contributed by atoms with van der Waals surface area (Å²) in [6.07, 6.45) is 2.67. The molecule has 2 unspecified atom stereocenters. The monoisotopic (exact) mass is 157 g/mol. The third-order valence-corrected chi connectivity index (χ3v) is 2.27. The molecule has 0 saturated heterocycles. The Balaban J connectivity index is 2.29. The highest BCUT2D eigenvalue weighted by molar-refractivity contribution is 5.70. The van der Waals surface area contributed by atoms with Gasteiger partial charge < -0.3 is 10.4 Å². The van der Waals surface area contributed by atoms with E-state index < -0.39 is 5.97 Å². The molecule has 3 heteroatoms. The van der Waals surface area contributed by atoms with Crippen molar-refractivity contribution in [3.8, 4) is 0 Å². The lowest BCUT2D eigenvalue weighted by Crippen LogP contribution is -2.26. The largest absolute Gasteiger partial charge is 0.481 e. The van der Waals surface area contributed by atoms with Gasteiger partial charge >= 0.3 is 5.97 Å². The predicted molar refractivity (Wildman–Crippen MR) is 42.4 cm³/mol. The van der Waals surface area contributed by atoms with Crippen LogP contribution >= 0.6 is 0 Å². The summed E-state index contributed by atoms with van der Waals surface area (Å²) in [7, 11) is 0. The van der Waals surface area contributed by atoms with Crippen molar-refractivity contribution in [1.29, 1.82) is 0 Å². The molecule has 1 aliphatic rings. The topological polar surface area (TPSA) is 49.3 Å². The van der Waals surface area contributed by atoms with Gasteiger partial charge in [0.2, 0.25) is 0 Å². The maximum absolute atomic E-state index is 10.5. The summed E-state index contributed by atoms with van der Waals surface area (Å²) in [5, 5.41) is 11.9. The summed E-state index contributed by atoms with van der Waals surface area (Å²) in [6, 6.07) is 0.445. The zero-order chi connectivity index (χ0) is 8.27. The van der Waals surface area contributed by atoms with Gasteiger partial charge in [0.15, 0.2) is 0 Å². The van der Waals surface area contributed by atoms with Gasteiger partial charge in [-0.3, -0.25) is 4.79 Å². The summed E-state index contributed by atoms with van der Waals surface area (Å²) in [5.41, 5.74) is 0. The highest BCUT2D eigenvalue weighted by atomic mass is 16.4. The van der Waals surface area contributed by atoms with Gasteiger partial charge in [-0.15, -0.1) is 0 Å². The maximum atomic E-state index is 10.5. The Morgan fingerprint density at radius 2 is 2.36 bits per heavy atom. The fourth-order valence-corrected chi connectivity index (χ4v) is 1.68. The van der Waals surface area contributed by atoms with Crippen molar-refractivity contribution in [2.45, 2.75) is 32.2 Å². The molecule has 0 aromatic rings. The Morgan fingerprint density at radius 1 is 1.64 bits per heavy atom. The zero-order valence-electron chi connectivity index (χ0n) is 6.84. The van der Waals surface area contributed by atoms with Crippen LogP contribution in [0.2, 0.25) is 0 Å². The van der Waals surface area contributed by atoms with Crippen molar-refractivity contribution in [3.63, 3.8) is 0 Å². The van der Waals surface area contributed by atoms with Crippen LogP contribution in [0, 0.1) is 5.92 Å². The van der Waals surface area contributed by atoms with Crippen LogP contribution < -0.4 is 5.32 Å². The Bertz CT molecular complexity index is 147. The van der Waals surface area contributed by atoms with Gasteiger partial charge in [-0.1, -0.05) is 6.92 Å². The van der Waals surface area contributed by atoms with Gasteiger partial charge in [0.1, 0.15) is 0 Å². The predicted octanol–water partition coefficient (Wildman–Crippen LogP) is 0.849. The molecule has 0 bridgehead atoms. The van der Waals surface area contributed by atoms with Gasteiger partial charge in [-0.2, -0.15) is 0 Å². The van der Waals surface area contributed by atoms with Gasteiger partial charge in [0.25, 0.3) is 0 Å². The van der Waals surface area contributed by atoms with Crippen LogP contribution in [-0.4, -0.2) is 23.7 Å². The van der Waals surface area contributed by atoms with Crippen LogP contribution in [0.5, 0.6) is 0 Å². The number of carboxylic acids is 1. The first-order chi connectivity index (χ1) is 5.24. The fraction of sp³-hybridized carbons (Fsp3) is 0.875. The Labute approximate surface area is 66.8 Å². The number of carboxylic acid groups (broad SMARTS) is 1. The average molecular weight is 157 g/mol. The van der Waals surface area contributed by atoms with Crippen LogP contribution in [0.1, 0.15) is 26.2 Å². The molecule has 0 amide bonds. The number of carbonyl (C=O) groups is 1. The second-order valence-corrected chi connectivity index (χ2v) is 3.10. The van der Waals surface area contributed by atoms with E-state index in [-0.39, 0.29) is 5.92 Å². The molecule has 2 N–H and O–H groups in total. The lowest BCUT2D eigenvalue weighted by Gasteiger charge is -2.08. The second kappa shape index (κ2) is 3.72. The van der Waals surface area contributed by atoms with Crippen molar-refractivity contribution < 1.29 is 9.90 Å². The first kappa shape index (κ1) is 8.53. The second-order valence-electron chi connectivity index (χ2n) is 3.10. The van der Waals surface area contributed by atoms with E-state index >= 15 is 0 Å². The van der Waals surface area contributed by atoms with E-state index in [1.807, 2.05) is 6.92 Å². The molecule has 0 aliphatic heterocycles. The van der Waals surface area contributed by atoms with E-state index in [2.05, 4.69) is 5.32 Å². The summed E-state index contributed by atoms with van der Waals surface area (Å²) >= 11 is 0. The smallest absolute Gasteiger partial charge is 0.306 e. The number of hydrogen-bond donors (Lipinski definition) is 2. The molecule has 2 atom stereocenters. The molecule has 1 fully saturated rings. The fourth-order valence-electron chi connectivity index (χ4n) is 1.68. The average Bonchev–Trinajstić information content (AvgIpc) is 2.37. The van der Waals surface area contributed by atoms with E-state index in [1.165, 1.54) is 0 Å². The number of rotatable bonds is 3. The summed E-state index contributed by atoms with van der Waals surface area (Å²) in [5.74, 6) is -0.732. The SMILES string of the molecule is CCNC1CCC(C(=O)O)C1. The summed E-state index contributed by atoms with van der Waals surface area (Å²) < 4.78 is 0. The summed E-state index contributed by atoms with van der Waals surface area (Å²) in [4.78, 5) is 10.5. The van der Waals surface area contributed by atoms with E-state index in [0.29, 0.717) is 6.04 Å². The summed E-state index contributed by atoms with van der Waals surface area (Å²) in [6.45, 7) is 2.99.